The molecule has 0 aromatic carbocycles. The third-order valence-electron chi connectivity index (χ3n) is 2.05. The molecule has 0 aliphatic carbocycles. The van der Waals surface area contributed by atoms with E-state index in [4.69, 9.17) is 5.73 Å². The molecule has 0 aliphatic rings. The molecule has 0 unspecified atom stereocenters. The van der Waals surface area contributed by atoms with Crippen LogP contribution in [0, 0.1) is 0 Å². The van der Waals surface area contributed by atoms with Crippen LogP contribution in [0.1, 0.15) is 27.2 Å². The highest BCUT2D eigenvalue weighted by molar-refractivity contribution is 7.55. The third-order valence-corrected chi connectivity index (χ3v) is 4.23. The van der Waals surface area contributed by atoms with Crippen molar-refractivity contribution in [2.45, 2.75) is 38.9 Å². The molecule has 2 N–H and O–H groups in total. The molecule has 9 heteroatoms. The van der Waals surface area contributed by atoms with E-state index in [1.807, 2.05) is 0 Å². The van der Waals surface area contributed by atoms with Gasteiger partial charge in [0.25, 0.3) is 0 Å². The van der Waals surface area contributed by atoms with E-state index in [9.17, 15) is 18.1 Å². The Labute approximate surface area is 111 Å². The zero-order valence-electron chi connectivity index (χ0n) is 11.2. The smallest absolute Gasteiger partial charge is 0.399 e. The Kier molecular flexibility index (Phi) is 7.66. The Morgan fingerprint density at radius 2 is 1.68 bits per heavy atom. The average molecular weight is 303 g/mol. The predicted molar refractivity (Wildman–Crippen MR) is 65.0 cm³/mol. The van der Waals surface area contributed by atoms with Gasteiger partial charge in [0.2, 0.25) is 0 Å². The van der Waals surface area contributed by atoms with Crippen LogP contribution in [0.3, 0.4) is 0 Å². The van der Waals surface area contributed by atoms with Crippen LogP contribution in [-0.4, -0.2) is 37.5 Å². The number of esters is 1. The van der Waals surface area contributed by atoms with Crippen LogP contribution in [0.15, 0.2) is 0 Å². The molecule has 1 atom stereocenters. The minimum absolute atomic E-state index is 0.0205. The molecule has 114 valence electrons. The number of ether oxygens (including phenoxy) is 1. The van der Waals surface area contributed by atoms with Gasteiger partial charge in [0.15, 0.2) is 0 Å². The van der Waals surface area contributed by atoms with Crippen LogP contribution in [0.5, 0.6) is 0 Å². The highest BCUT2D eigenvalue weighted by atomic mass is 31.2. The van der Waals surface area contributed by atoms with E-state index in [1.165, 1.54) is 20.8 Å². The molecule has 0 saturated carbocycles. The summed E-state index contributed by atoms with van der Waals surface area (Å²) < 4.78 is 53.4. The second-order valence-electron chi connectivity index (χ2n) is 3.56. The monoisotopic (exact) mass is 303 g/mol. The van der Waals surface area contributed by atoms with Crippen molar-refractivity contribution in [3.05, 3.63) is 0 Å². The van der Waals surface area contributed by atoms with Gasteiger partial charge < -0.3 is 19.5 Å². The van der Waals surface area contributed by atoms with E-state index in [0.717, 1.165) is 0 Å². The van der Waals surface area contributed by atoms with E-state index in [2.05, 4.69) is 13.8 Å². The molecule has 0 fully saturated rings. The lowest BCUT2D eigenvalue weighted by atomic mass is 10.2. The number of halogens is 2. The second-order valence-corrected chi connectivity index (χ2v) is 5.73. The van der Waals surface area contributed by atoms with Gasteiger partial charge in [0, 0.05) is 6.42 Å². The fourth-order valence-corrected chi connectivity index (χ4v) is 2.83. The predicted octanol–water partition coefficient (Wildman–Crippen LogP) is 2.13. The molecule has 0 rings (SSSR count). The van der Waals surface area contributed by atoms with Crippen molar-refractivity contribution in [1.29, 1.82) is 0 Å². The third kappa shape index (κ3) is 5.14. The number of nitrogens with two attached hydrogens (primary N) is 1. The van der Waals surface area contributed by atoms with Crippen molar-refractivity contribution in [2.75, 3.05) is 19.8 Å². The molecule has 0 radical (unpaired) electrons. The molecule has 0 saturated heterocycles. The first kappa shape index (κ1) is 18.4. The first-order valence-electron chi connectivity index (χ1n) is 5.93. The van der Waals surface area contributed by atoms with Crippen molar-refractivity contribution >= 4 is 13.6 Å². The van der Waals surface area contributed by atoms with Gasteiger partial charge in [-0.1, -0.05) is 0 Å². The Morgan fingerprint density at radius 1 is 1.21 bits per heavy atom. The second kappa shape index (κ2) is 7.89. The molecule has 6 nitrogen and oxygen atoms in total. The number of carbonyl (C=O) groups excluding carboxylic acids is 1. The van der Waals surface area contributed by atoms with Gasteiger partial charge in [-0.15, -0.1) is 0 Å². The first-order chi connectivity index (χ1) is 8.74. The fourth-order valence-electron chi connectivity index (χ4n) is 1.28. The van der Waals surface area contributed by atoms with E-state index in [1.54, 1.807) is 0 Å². The summed E-state index contributed by atoms with van der Waals surface area (Å²) >= 11 is 0. The van der Waals surface area contributed by atoms with Gasteiger partial charge in [-0.2, -0.15) is 8.78 Å². The number of rotatable bonds is 9. The molecular formula is C10H20F2NO5P. The van der Waals surface area contributed by atoms with Crippen LogP contribution in [0.2, 0.25) is 0 Å². The van der Waals surface area contributed by atoms with E-state index in [0.29, 0.717) is 0 Å². The Hall–Kier alpha value is -0.560. The Balaban J connectivity index is 4.91. The van der Waals surface area contributed by atoms with Crippen LogP contribution in [-0.2, 0) is 23.1 Å². The first-order valence-corrected chi connectivity index (χ1v) is 7.47. The average Bonchev–Trinajstić information content (AvgIpc) is 2.29. The lowest BCUT2D eigenvalue weighted by molar-refractivity contribution is -0.146. The number of alkyl halides is 2. The molecule has 0 spiro atoms. The van der Waals surface area contributed by atoms with Crippen molar-refractivity contribution < 1.29 is 31.9 Å². The normalized spacial score (nSPS) is 14.2. The molecule has 0 aromatic rings. The maximum Gasteiger partial charge on any atom is 0.399 e. The van der Waals surface area contributed by atoms with Gasteiger partial charge in [-0.05, 0) is 20.8 Å². The summed E-state index contributed by atoms with van der Waals surface area (Å²) in [6.45, 7) is 3.95. The summed E-state index contributed by atoms with van der Waals surface area (Å²) in [6, 6.07) is -1.59. The zero-order chi connectivity index (χ0) is 15.1. The molecule has 0 aromatic heterocycles. The summed E-state index contributed by atoms with van der Waals surface area (Å²) in [5.41, 5.74) is 1.44. The highest BCUT2D eigenvalue weighted by Gasteiger charge is 2.54. The SMILES string of the molecule is CCOC(=O)[C@@H](N)CC(F)(F)P(=O)(OCC)OCC. The Morgan fingerprint density at radius 3 is 2.05 bits per heavy atom. The van der Waals surface area contributed by atoms with E-state index >= 15 is 0 Å². The van der Waals surface area contributed by atoms with E-state index in [-0.39, 0.29) is 19.8 Å². The van der Waals surface area contributed by atoms with Crippen LogP contribution in [0.25, 0.3) is 0 Å². The maximum atomic E-state index is 13.9. The molecule has 0 aliphatic heterocycles. The van der Waals surface area contributed by atoms with Crippen molar-refractivity contribution in [3.8, 4) is 0 Å². The highest BCUT2D eigenvalue weighted by Crippen LogP contribution is 2.63. The van der Waals surface area contributed by atoms with Crippen molar-refractivity contribution in [1.82, 2.24) is 0 Å². The maximum absolute atomic E-state index is 13.9. The summed E-state index contributed by atoms with van der Waals surface area (Å²) in [6.07, 6.45) is -1.16. The van der Waals surface area contributed by atoms with E-state index < -0.39 is 31.7 Å². The van der Waals surface area contributed by atoms with Gasteiger partial charge in [0.05, 0.1) is 19.8 Å². The minimum atomic E-state index is -4.66. The largest absolute Gasteiger partial charge is 0.465 e. The quantitative estimate of drug-likeness (QED) is 0.518. The number of hydrogen-bond acceptors (Lipinski definition) is 6. The summed E-state index contributed by atoms with van der Waals surface area (Å²) in [7, 11) is -4.66. The van der Waals surface area contributed by atoms with Gasteiger partial charge >= 0.3 is 19.2 Å². The molecule has 0 heterocycles. The van der Waals surface area contributed by atoms with Crippen LogP contribution < -0.4 is 5.73 Å². The summed E-state index contributed by atoms with van der Waals surface area (Å²) in [4.78, 5) is 11.2. The lowest BCUT2D eigenvalue weighted by Gasteiger charge is -2.27. The minimum Gasteiger partial charge on any atom is -0.465 e. The van der Waals surface area contributed by atoms with Gasteiger partial charge in [-0.25, -0.2) is 0 Å². The molecule has 19 heavy (non-hydrogen) atoms. The summed E-state index contributed by atoms with van der Waals surface area (Å²) in [5, 5.41) is 0. The fraction of sp³-hybridized carbons (Fsp3) is 0.900. The standard InChI is InChI=1S/C10H20F2NO5P/c1-4-16-9(14)8(13)7-10(11,12)19(15,17-5-2)18-6-3/h8H,4-7,13H2,1-3H3/t8-/m0/s1. The number of carbonyl (C=O) groups is 1. The van der Waals surface area contributed by atoms with Gasteiger partial charge in [-0.3, -0.25) is 9.36 Å². The number of hydrogen-bond donors (Lipinski definition) is 1. The molecular weight excluding hydrogens is 283 g/mol. The zero-order valence-corrected chi connectivity index (χ0v) is 12.1. The summed E-state index contributed by atoms with van der Waals surface area (Å²) in [5.74, 6) is -0.985. The van der Waals surface area contributed by atoms with Crippen LogP contribution >= 0.6 is 7.60 Å². The van der Waals surface area contributed by atoms with Crippen molar-refractivity contribution in [2.24, 2.45) is 5.73 Å². The Bertz CT molecular complexity index is 330. The molecule has 0 amide bonds. The van der Waals surface area contributed by atoms with Crippen molar-refractivity contribution in [3.63, 3.8) is 0 Å². The van der Waals surface area contributed by atoms with Crippen LogP contribution in [0.4, 0.5) is 8.78 Å². The molecule has 0 bridgehead atoms. The topological polar surface area (TPSA) is 87.9 Å². The lowest BCUT2D eigenvalue weighted by Crippen LogP contribution is -2.38. The van der Waals surface area contributed by atoms with Gasteiger partial charge in [0.1, 0.15) is 6.04 Å².